The van der Waals surface area contributed by atoms with E-state index in [0.717, 1.165) is 21.6 Å². The van der Waals surface area contributed by atoms with Crippen LogP contribution in [0.2, 0.25) is 10.0 Å². The Morgan fingerprint density at radius 1 is 1.00 bits per heavy atom. The Kier molecular flexibility index (Phi) is 8.21. The van der Waals surface area contributed by atoms with Crippen LogP contribution < -0.4 is 5.32 Å². The Morgan fingerprint density at radius 3 is 2.22 bits per heavy atom. The number of nitrogens with one attached hydrogen (secondary N) is 1. The van der Waals surface area contributed by atoms with Crippen LogP contribution in [0, 0.1) is 0 Å². The van der Waals surface area contributed by atoms with Gasteiger partial charge in [0.2, 0.25) is 0 Å². The highest BCUT2D eigenvalue weighted by atomic mass is 35.5. The van der Waals surface area contributed by atoms with Crippen molar-refractivity contribution in [3.63, 3.8) is 0 Å². The summed E-state index contributed by atoms with van der Waals surface area (Å²) in [5.41, 5.74) is 2.70. The Morgan fingerprint density at radius 2 is 1.62 bits per heavy atom. The van der Waals surface area contributed by atoms with Gasteiger partial charge in [0.15, 0.2) is 4.90 Å². The molecule has 32 heavy (non-hydrogen) atoms. The number of ether oxygens (including phenoxy) is 1. The molecule has 0 aromatic heterocycles. The van der Waals surface area contributed by atoms with Gasteiger partial charge in [-0.15, -0.1) is 0 Å². The minimum atomic E-state index is -1.12. The first-order valence-corrected chi connectivity index (χ1v) is 12.0. The van der Waals surface area contributed by atoms with Gasteiger partial charge in [-0.3, -0.25) is 4.79 Å². The predicted octanol–water partition coefficient (Wildman–Crippen LogP) is 4.91. The van der Waals surface area contributed by atoms with Crippen molar-refractivity contribution in [3.8, 4) is 11.1 Å². The third-order valence-electron chi connectivity index (χ3n) is 4.88. The molecule has 5 nitrogen and oxygen atoms in total. The van der Waals surface area contributed by atoms with E-state index in [-0.39, 0.29) is 22.0 Å². The molecule has 0 heterocycles. The van der Waals surface area contributed by atoms with Crippen LogP contribution in [-0.4, -0.2) is 35.8 Å². The topological polar surface area (TPSA) is 78.5 Å². The number of rotatable bonds is 7. The van der Waals surface area contributed by atoms with E-state index in [0.29, 0.717) is 0 Å². The Labute approximate surface area is 199 Å². The van der Waals surface area contributed by atoms with Gasteiger partial charge in [-0.25, -0.2) is 4.79 Å². The summed E-state index contributed by atoms with van der Waals surface area (Å²) >= 11 is 11.1. The zero-order chi connectivity index (χ0) is 23.3. The van der Waals surface area contributed by atoms with Crippen LogP contribution in [0.5, 0.6) is 0 Å². The molecule has 1 unspecified atom stereocenters. The van der Waals surface area contributed by atoms with E-state index in [2.05, 4.69) is 5.32 Å². The number of benzene rings is 3. The fourth-order valence-corrected chi connectivity index (χ4v) is 4.63. The van der Waals surface area contributed by atoms with E-state index in [1.165, 1.54) is 7.11 Å². The molecule has 0 fully saturated rings. The predicted molar refractivity (Wildman–Crippen MR) is 128 cm³/mol. The van der Waals surface area contributed by atoms with Crippen molar-refractivity contribution < 1.29 is 18.9 Å². The maximum Gasteiger partial charge on any atom is 0.328 e. The fraction of sp³-hybridized carbons (Fsp3) is 0.167. The molecule has 3 aromatic rings. The maximum atomic E-state index is 12.7. The third kappa shape index (κ3) is 5.64. The fourth-order valence-electron chi connectivity index (χ4n) is 3.29. The SMILES string of the molecule is COC(=O)[C@H](Cc1ccc(-c2ccccc2[S+](C)[O-])cc1)NC(=O)c1c(Cl)cccc1Cl. The van der Waals surface area contributed by atoms with Crippen LogP contribution in [0.25, 0.3) is 11.1 Å². The average molecular weight is 490 g/mol. The number of hydrogen-bond acceptors (Lipinski definition) is 4. The molecule has 0 saturated carbocycles. The summed E-state index contributed by atoms with van der Waals surface area (Å²) in [6.45, 7) is 0. The van der Waals surface area contributed by atoms with Crippen molar-refractivity contribution in [1.82, 2.24) is 5.32 Å². The summed E-state index contributed by atoms with van der Waals surface area (Å²) in [6.07, 6.45) is 1.85. The van der Waals surface area contributed by atoms with E-state index < -0.39 is 29.1 Å². The Balaban J connectivity index is 1.81. The van der Waals surface area contributed by atoms with Crippen LogP contribution in [0.1, 0.15) is 15.9 Å². The first kappa shape index (κ1) is 24.1. The molecule has 0 bridgehead atoms. The van der Waals surface area contributed by atoms with Crippen molar-refractivity contribution >= 4 is 46.3 Å². The molecule has 0 saturated heterocycles. The molecule has 3 rings (SSSR count). The van der Waals surface area contributed by atoms with Crippen molar-refractivity contribution in [2.45, 2.75) is 17.4 Å². The molecule has 0 radical (unpaired) electrons. The number of methoxy groups -OCH3 is 1. The van der Waals surface area contributed by atoms with E-state index in [1.54, 1.807) is 24.5 Å². The molecule has 166 valence electrons. The van der Waals surface area contributed by atoms with E-state index in [1.807, 2.05) is 48.5 Å². The van der Waals surface area contributed by atoms with Gasteiger partial charge in [0.05, 0.1) is 22.7 Å². The summed E-state index contributed by atoms with van der Waals surface area (Å²) in [7, 11) is 1.26. The van der Waals surface area contributed by atoms with Crippen LogP contribution in [0.3, 0.4) is 0 Å². The van der Waals surface area contributed by atoms with E-state index in [4.69, 9.17) is 27.9 Å². The molecule has 0 aliphatic carbocycles. The van der Waals surface area contributed by atoms with Crippen LogP contribution in [0.4, 0.5) is 0 Å². The minimum Gasteiger partial charge on any atom is -0.612 e. The molecular weight excluding hydrogens is 469 g/mol. The smallest absolute Gasteiger partial charge is 0.328 e. The molecule has 0 aliphatic heterocycles. The first-order valence-electron chi connectivity index (χ1n) is 9.66. The van der Waals surface area contributed by atoms with Crippen LogP contribution in [0.15, 0.2) is 71.6 Å². The van der Waals surface area contributed by atoms with Crippen LogP contribution in [-0.2, 0) is 27.1 Å². The van der Waals surface area contributed by atoms with Crippen molar-refractivity contribution in [3.05, 3.63) is 87.9 Å². The molecule has 1 N–H and O–H groups in total. The highest BCUT2D eigenvalue weighted by Crippen LogP contribution is 2.28. The quantitative estimate of drug-likeness (QED) is 0.377. The lowest BCUT2D eigenvalue weighted by Gasteiger charge is -2.18. The number of esters is 1. The highest BCUT2D eigenvalue weighted by Gasteiger charge is 2.25. The van der Waals surface area contributed by atoms with Gasteiger partial charge >= 0.3 is 5.97 Å². The molecule has 1 amide bonds. The summed E-state index contributed by atoms with van der Waals surface area (Å²) < 4.78 is 16.9. The summed E-state index contributed by atoms with van der Waals surface area (Å²) in [4.78, 5) is 25.8. The molecule has 0 spiro atoms. The largest absolute Gasteiger partial charge is 0.612 e. The monoisotopic (exact) mass is 489 g/mol. The van der Waals surface area contributed by atoms with Gasteiger partial charge in [0.25, 0.3) is 5.91 Å². The van der Waals surface area contributed by atoms with E-state index in [9.17, 15) is 14.1 Å². The zero-order valence-corrected chi connectivity index (χ0v) is 19.8. The third-order valence-corrected chi connectivity index (χ3v) is 6.49. The lowest BCUT2D eigenvalue weighted by molar-refractivity contribution is -0.142. The van der Waals surface area contributed by atoms with Crippen molar-refractivity contribution in [2.24, 2.45) is 0 Å². The van der Waals surface area contributed by atoms with Gasteiger partial charge in [-0.1, -0.05) is 65.7 Å². The number of carbonyl (C=O) groups is 2. The number of amides is 1. The molecule has 8 heteroatoms. The molecule has 3 aromatic carbocycles. The lowest BCUT2D eigenvalue weighted by atomic mass is 10.0. The van der Waals surface area contributed by atoms with Gasteiger partial charge in [-0.2, -0.15) is 0 Å². The second-order valence-corrected chi connectivity index (χ2v) is 9.16. The standard InChI is InChI=1S/C24H21Cl2NO4S/c1-31-24(29)20(27-23(28)22-18(25)7-5-8-19(22)26)14-15-10-12-16(13-11-15)17-6-3-4-9-21(17)32(2)30/h3-13,20H,14H2,1-2H3,(H,27,28)/t20-,32?/m0/s1. The Hall–Kier alpha value is -2.51. The van der Waals surface area contributed by atoms with Gasteiger partial charge < -0.3 is 14.6 Å². The van der Waals surface area contributed by atoms with Crippen LogP contribution >= 0.6 is 23.2 Å². The average Bonchev–Trinajstić information content (AvgIpc) is 2.78. The first-order chi connectivity index (χ1) is 15.3. The number of carbonyl (C=O) groups excluding carboxylic acids is 2. The number of halogens is 2. The van der Waals surface area contributed by atoms with Crippen molar-refractivity contribution in [1.29, 1.82) is 0 Å². The minimum absolute atomic E-state index is 0.101. The lowest BCUT2D eigenvalue weighted by Crippen LogP contribution is -2.43. The summed E-state index contributed by atoms with van der Waals surface area (Å²) in [5.74, 6) is -1.15. The van der Waals surface area contributed by atoms with Gasteiger partial charge in [-0.05, 0) is 46.6 Å². The van der Waals surface area contributed by atoms with Gasteiger partial charge in [0.1, 0.15) is 12.3 Å². The van der Waals surface area contributed by atoms with Gasteiger partial charge in [0, 0.05) is 12.0 Å². The second-order valence-electron chi connectivity index (χ2n) is 7.00. The summed E-state index contributed by atoms with van der Waals surface area (Å²) in [5, 5.41) is 3.04. The molecular formula is C24H21Cl2NO4S. The second kappa shape index (κ2) is 10.9. The zero-order valence-electron chi connectivity index (χ0n) is 17.4. The summed E-state index contributed by atoms with van der Waals surface area (Å²) in [6, 6.07) is 18.8. The van der Waals surface area contributed by atoms with Crippen molar-refractivity contribution in [2.75, 3.05) is 13.4 Å². The molecule has 2 atom stereocenters. The Bertz CT molecular complexity index is 1100. The molecule has 0 aliphatic rings. The number of hydrogen-bond donors (Lipinski definition) is 1. The highest BCUT2D eigenvalue weighted by molar-refractivity contribution is 7.90. The van der Waals surface area contributed by atoms with E-state index >= 15 is 0 Å². The maximum absolute atomic E-state index is 12.7. The normalized spacial score (nSPS) is 12.7.